The Labute approximate surface area is 97.4 Å². The van der Waals surface area contributed by atoms with Crippen LogP contribution >= 0.6 is 11.8 Å². The van der Waals surface area contributed by atoms with Gasteiger partial charge in [0, 0.05) is 18.4 Å². The van der Waals surface area contributed by atoms with Crippen molar-refractivity contribution in [3.05, 3.63) is 0 Å². The number of carboxylic acids is 2. The quantitative estimate of drug-likeness (QED) is 0.588. The molecule has 92 valence electrons. The molecule has 0 aliphatic rings. The van der Waals surface area contributed by atoms with Crippen LogP contribution in [-0.2, 0) is 14.4 Å². The average Bonchev–Trinajstić information content (AvgIpc) is 2.14. The molecule has 1 amide bonds. The summed E-state index contributed by atoms with van der Waals surface area (Å²) >= 11 is 1.19. The van der Waals surface area contributed by atoms with Gasteiger partial charge in [-0.2, -0.15) is 11.8 Å². The van der Waals surface area contributed by atoms with E-state index < -0.39 is 29.8 Å². The molecule has 0 aliphatic carbocycles. The van der Waals surface area contributed by atoms with E-state index in [0.717, 1.165) is 0 Å². The first-order valence-electron chi connectivity index (χ1n) is 4.65. The van der Waals surface area contributed by atoms with Crippen molar-refractivity contribution < 1.29 is 24.6 Å². The standard InChI is InChI=1S/C9H15NO5S/c1-5(8(12)13)3-16-4-7(9(14)15)10-6(2)11/h5,7H,3-4H2,1-2H3,(H,10,11)(H,12,13)(H,14,15)/t5-,7+/m1/s1. The van der Waals surface area contributed by atoms with Crippen LogP contribution in [0.4, 0.5) is 0 Å². The lowest BCUT2D eigenvalue weighted by atomic mass is 10.2. The van der Waals surface area contributed by atoms with Gasteiger partial charge in [0.2, 0.25) is 5.91 Å². The zero-order valence-electron chi connectivity index (χ0n) is 9.10. The molecule has 0 aromatic heterocycles. The number of carbonyl (C=O) groups is 3. The summed E-state index contributed by atoms with van der Waals surface area (Å²) in [6.07, 6.45) is 0. The van der Waals surface area contributed by atoms with Gasteiger partial charge in [0.25, 0.3) is 0 Å². The zero-order chi connectivity index (χ0) is 12.7. The predicted octanol–water partition coefficient (Wildman–Crippen LogP) is 0.0296. The summed E-state index contributed by atoms with van der Waals surface area (Å²) < 4.78 is 0. The van der Waals surface area contributed by atoms with E-state index in [1.54, 1.807) is 6.92 Å². The number of amides is 1. The summed E-state index contributed by atoms with van der Waals surface area (Å²) in [4.78, 5) is 31.9. The van der Waals surface area contributed by atoms with Gasteiger partial charge in [0.1, 0.15) is 6.04 Å². The van der Waals surface area contributed by atoms with E-state index in [4.69, 9.17) is 10.2 Å². The SMILES string of the molecule is CC(=O)N[C@@H](CSC[C@@H](C)C(=O)O)C(=O)O. The first-order valence-corrected chi connectivity index (χ1v) is 5.80. The molecular formula is C9H15NO5S. The van der Waals surface area contributed by atoms with Crippen LogP contribution in [0.2, 0.25) is 0 Å². The largest absolute Gasteiger partial charge is 0.481 e. The highest BCUT2D eigenvalue weighted by Gasteiger charge is 2.19. The number of carboxylic acid groups (broad SMARTS) is 2. The molecule has 6 nitrogen and oxygen atoms in total. The Morgan fingerprint density at radius 2 is 1.75 bits per heavy atom. The van der Waals surface area contributed by atoms with Gasteiger partial charge in [-0.3, -0.25) is 9.59 Å². The van der Waals surface area contributed by atoms with Crippen molar-refractivity contribution in [3.63, 3.8) is 0 Å². The van der Waals surface area contributed by atoms with E-state index in [1.807, 2.05) is 0 Å². The van der Waals surface area contributed by atoms with Gasteiger partial charge in [-0.25, -0.2) is 4.79 Å². The molecule has 3 N–H and O–H groups in total. The van der Waals surface area contributed by atoms with E-state index >= 15 is 0 Å². The normalized spacial score (nSPS) is 13.9. The van der Waals surface area contributed by atoms with Crippen molar-refractivity contribution in [1.82, 2.24) is 5.32 Å². The minimum absolute atomic E-state index is 0.159. The average molecular weight is 249 g/mol. The Morgan fingerprint density at radius 1 is 1.19 bits per heavy atom. The van der Waals surface area contributed by atoms with Gasteiger partial charge in [-0.15, -0.1) is 0 Å². The second kappa shape index (κ2) is 7.10. The van der Waals surface area contributed by atoms with E-state index in [-0.39, 0.29) is 5.75 Å². The van der Waals surface area contributed by atoms with Crippen molar-refractivity contribution in [2.45, 2.75) is 19.9 Å². The van der Waals surface area contributed by atoms with Crippen LogP contribution < -0.4 is 5.32 Å². The summed E-state index contributed by atoms with van der Waals surface area (Å²) in [6.45, 7) is 2.78. The molecular weight excluding hydrogens is 234 g/mol. The molecule has 16 heavy (non-hydrogen) atoms. The maximum Gasteiger partial charge on any atom is 0.327 e. The number of hydrogen-bond donors (Lipinski definition) is 3. The van der Waals surface area contributed by atoms with E-state index in [0.29, 0.717) is 5.75 Å². The third-order valence-corrected chi connectivity index (χ3v) is 3.05. The zero-order valence-corrected chi connectivity index (χ0v) is 9.91. The molecule has 0 heterocycles. The van der Waals surface area contributed by atoms with Gasteiger partial charge < -0.3 is 15.5 Å². The fourth-order valence-corrected chi connectivity index (χ4v) is 1.95. The molecule has 0 aromatic rings. The Balaban J connectivity index is 3.99. The van der Waals surface area contributed by atoms with Gasteiger partial charge in [0.15, 0.2) is 0 Å². The Kier molecular flexibility index (Phi) is 6.55. The highest BCUT2D eigenvalue weighted by Crippen LogP contribution is 2.10. The minimum atomic E-state index is -1.12. The lowest BCUT2D eigenvalue weighted by Gasteiger charge is -2.13. The molecule has 2 atom stereocenters. The number of thioether (sulfide) groups is 1. The summed E-state index contributed by atoms with van der Waals surface area (Å²) in [6, 6.07) is -0.969. The molecule has 0 aromatic carbocycles. The molecule has 0 fully saturated rings. The second-order valence-electron chi connectivity index (χ2n) is 3.37. The highest BCUT2D eigenvalue weighted by molar-refractivity contribution is 7.99. The van der Waals surface area contributed by atoms with Crippen molar-refractivity contribution in [3.8, 4) is 0 Å². The number of hydrogen-bond acceptors (Lipinski definition) is 4. The smallest absolute Gasteiger partial charge is 0.327 e. The molecule has 0 saturated carbocycles. The predicted molar refractivity (Wildman–Crippen MR) is 59.4 cm³/mol. The first kappa shape index (κ1) is 14.8. The number of nitrogens with one attached hydrogen (secondary N) is 1. The summed E-state index contributed by atoms with van der Waals surface area (Å²) in [5.41, 5.74) is 0. The third kappa shape index (κ3) is 6.28. The van der Waals surface area contributed by atoms with Crippen molar-refractivity contribution in [2.24, 2.45) is 5.92 Å². The summed E-state index contributed by atoms with van der Waals surface area (Å²) in [5.74, 6) is -2.51. The molecule has 0 saturated heterocycles. The Morgan fingerprint density at radius 3 is 2.12 bits per heavy atom. The van der Waals surface area contributed by atoms with E-state index in [9.17, 15) is 14.4 Å². The van der Waals surface area contributed by atoms with Gasteiger partial charge in [-0.1, -0.05) is 6.92 Å². The monoisotopic (exact) mass is 249 g/mol. The fourth-order valence-electron chi connectivity index (χ4n) is 0.854. The topological polar surface area (TPSA) is 104 Å². The Bertz CT molecular complexity index is 281. The molecule has 0 aliphatic heterocycles. The van der Waals surface area contributed by atoms with Crippen LogP contribution in [0, 0.1) is 5.92 Å². The summed E-state index contributed by atoms with van der Waals surface area (Å²) in [7, 11) is 0. The van der Waals surface area contributed by atoms with Crippen LogP contribution in [0.15, 0.2) is 0 Å². The second-order valence-corrected chi connectivity index (χ2v) is 4.44. The van der Waals surface area contributed by atoms with Crippen molar-refractivity contribution in [1.29, 1.82) is 0 Å². The van der Waals surface area contributed by atoms with Crippen LogP contribution in [0.3, 0.4) is 0 Å². The first-order chi connectivity index (χ1) is 7.34. The fraction of sp³-hybridized carbons (Fsp3) is 0.667. The van der Waals surface area contributed by atoms with E-state index in [1.165, 1.54) is 18.7 Å². The van der Waals surface area contributed by atoms with Crippen molar-refractivity contribution in [2.75, 3.05) is 11.5 Å². The molecule has 0 bridgehead atoms. The third-order valence-electron chi connectivity index (χ3n) is 1.75. The van der Waals surface area contributed by atoms with Crippen LogP contribution in [0.25, 0.3) is 0 Å². The lowest BCUT2D eigenvalue weighted by molar-refractivity contribution is -0.141. The van der Waals surface area contributed by atoms with Crippen LogP contribution in [0.1, 0.15) is 13.8 Å². The minimum Gasteiger partial charge on any atom is -0.481 e. The number of carbonyl (C=O) groups excluding carboxylic acids is 1. The van der Waals surface area contributed by atoms with E-state index in [2.05, 4.69) is 5.32 Å². The molecule has 0 radical (unpaired) electrons. The molecule has 7 heteroatoms. The summed E-state index contributed by atoms with van der Waals surface area (Å²) in [5, 5.41) is 19.6. The van der Waals surface area contributed by atoms with Gasteiger partial charge in [0.05, 0.1) is 5.92 Å². The number of rotatable bonds is 7. The number of aliphatic carboxylic acids is 2. The molecule has 0 spiro atoms. The molecule has 0 rings (SSSR count). The van der Waals surface area contributed by atoms with Crippen LogP contribution in [-0.4, -0.2) is 45.6 Å². The maximum atomic E-state index is 10.7. The van der Waals surface area contributed by atoms with Gasteiger partial charge >= 0.3 is 11.9 Å². The Hall–Kier alpha value is -1.24. The lowest BCUT2D eigenvalue weighted by Crippen LogP contribution is -2.41. The highest BCUT2D eigenvalue weighted by atomic mass is 32.2. The maximum absolute atomic E-state index is 10.7. The van der Waals surface area contributed by atoms with Crippen molar-refractivity contribution >= 4 is 29.6 Å². The van der Waals surface area contributed by atoms with Gasteiger partial charge in [-0.05, 0) is 0 Å². The molecule has 0 unspecified atom stereocenters. The van der Waals surface area contributed by atoms with Crippen LogP contribution in [0.5, 0.6) is 0 Å².